The molecule has 0 aliphatic heterocycles. The number of aromatic nitrogens is 1. The summed E-state index contributed by atoms with van der Waals surface area (Å²) in [5.74, 6) is 0. The van der Waals surface area contributed by atoms with Gasteiger partial charge in [-0.1, -0.05) is 36.4 Å². The van der Waals surface area contributed by atoms with Crippen LogP contribution in [0.3, 0.4) is 0 Å². The van der Waals surface area contributed by atoms with E-state index in [1.807, 2.05) is 18.2 Å². The van der Waals surface area contributed by atoms with Crippen molar-refractivity contribution >= 4 is 22.1 Å². The van der Waals surface area contributed by atoms with Gasteiger partial charge in [-0.25, -0.2) is 4.98 Å². The van der Waals surface area contributed by atoms with Gasteiger partial charge >= 0.3 is 0 Å². The molecule has 1 aromatic heterocycles. The molecule has 0 atom stereocenters. The minimum Gasteiger partial charge on any atom is -0.225 e. The maximum Gasteiger partial charge on any atom is 0.152 e. The van der Waals surface area contributed by atoms with Crippen molar-refractivity contribution in [3.8, 4) is 16.6 Å². The summed E-state index contributed by atoms with van der Waals surface area (Å²) in [6.45, 7) is 0. The van der Waals surface area contributed by atoms with Crippen molar-refractivity contribution in [1.29, 1.82) is 5.26 Å². The molecular formula is C14H8N2S. The van der Waals surface area contributed by atoms with Crippen LogP contribution in [0.4, 0.5) is 0 Å². The lowest BCUT2D eigenvalue weighted by Crippen LogP contribution is -1.79. The monoisotopic (exact) mass is 236 g/mol. The van der Waals surface area contributed by atoms with Crippen molar-refractivity contribution in [3.05, 3.63) is 53.5 Å². The molecular weight excluding hydrogens is 228 g/mol. The zero-order chi connectivity index (χ0) is 11.7. The molecule has 2 nitrogen and oxygen atoms in total. The molecule has 0 bridgehead atoms. The predicted octanol–water partition coefficient (Wildman–Crippen LogP) is 3.83. The molecule has 3 heteroatoms. The lowest BCUT2D eigenvalue weighted by Gasteiger charge is -2.00. The van der Waals surface area contributed by atoms with E-state index in [0.717, 1.165) is 10.6 Å². The first-order valence-electron chi connectivity index (χ1n) is 5.21. The van der Waals surface area contributed by atoms with Gasteiger partial charge in [0.1, 0.15) is 11.1 Å². The molecule has 0 radical (unpaired) electrons. The Morgan fingerprint density at radius 2 is 1.88 bits per heavy atom. The van der Waals surface area contributed by atoms with Gasteiger partial charge in [-0.2, -0.15) is 5.26 Å². The largest absolute Gasteiger partial charge is 0.225 e. The summed E-state index contributed by atoms with van der Waals surface area (Å²) in [6.07, 6.45) is 0. The average Bonchev–Trinajstić information content (AvgIpc) is 2.87. The highest BCUT2D eigenvalue weighted by Crippen LogP contribution is 2.26. The Labute approximate surface area is 103 Å². The number of hydrogen-bond donors (Lipinski definition) is 0. The molecule has 0 spiro atoms. The van der Waals surface area contributed by atoms with Crippen LogP contribution in [0.25, 0.3) is 21.3 Å². The van der Waals surface area contributed by atoms with Crippen LogP contribution in [0.1, 0.15) is 5.69 Å². The van der Waals surface area contributed by atoms with Gasteiger partial charge < -0.3 is 0 Å². The number of hydrogen-bond acceptors (Lipinski definition) is 3. The first-order chi connectivity index (χ1) is 8.36. The van der Waals surface area contributed by atoms with Gasteiger partial charge in [-0.15, -0.1) is 11.3 Å². The zero-order valence-electron chi connectivity index (χ0n) is 8.92. The van der Waals surface area contributed by atoms with Crippen LogP contribution in [0.2, 0.25) is 0 Å². The van der Waals surface area contributed by atoms with Gasteiger partial charge in [0.25, 0.3) is 0 Å². The molecule has 17 heavy (non-hydrogen) atoms. The van der Waals surface area contributed by atoms with Gasteiger partial charge in [0.2, 0.25) is 0 Å². The van der Waals surface area contributed by atoms with E-state index in [1.54, 1.807) is 5.38 Å². The molecule has 3 aromatic rings. The summed E-state index contributed by atoms with van der Waals surface area (Å²) in [4.78, 5) is 4.26. The molecule has 0 amide bonds. The third-order valence-corrected chi connectivity index (χ3v) is 3.51. The second-order valence-electron chi connectivity index (χ2n) is 3.71. The fourth-order valence-electron chi connectivity index (χ4n) is 1.78. The highest BCUT2D eigenvalue weighted by Gasteiger charge is 2.04. The lowest BCUT2D eigenvalue weighted by molar-refractivity contribution is 1.34. The highest BCUT2D eigenvalue weighted by atomic mass is 32.1. The molecule has 0 N–H and O–H groups in total. The van der Waals surface area contributed by atoms with Gasteiger partial charge in [0.15, 0.2) is 5.69 Å². The maximum absolute atomic E-state index is 8.76. The number of benzene rings is 2. The molecule has 2 aromatic carbocycles. The maximum atomic E-state index is 8.76. The smallest absolute Gasteiger partial charge is 0.152 e. The third-order valence-electron chi connectivity index (χ3n) is 2.62. The Hall–Kier alpha value is -2.18. The van der Waals surface area contributed by atoms with Crippen LogP contribution >= 0.6 is 11.3 Å². The number of fused-ring (bicyclic) bond motifs is 1. The SMILES string of the molecule is N#Cc1csc(-c2ccc3ccccc3c2)n1. The van der Waals surface area contributed by atoms with Crippen molar-refractivity contribution < 1.29 is 0 Å². The van der Waals surface area contributed by atoms with Crippen molar-refractivity contribution in [2.75, 3.05) is 0 Å². The van der Waals surface area contributed by atoms with Crippen LogP contribution in [-0.2, 0) is 0 Å². The van der Waals surface area contributed by atoms with Crippen LogP contribution in [0, 0.1) is 11.3 Å². The van der Waals surface area contributed by atoms with Crippen molar-refractivity contribution in [2.45, 2.75) is 0 Å². The summed E-state index contributed by atoms with van der Waals surface area (Å²) in [5, 5.41) is 13.9. The van der Waals surface area contributed by atoms with E-state index in [9.17, 15) is 0 Å². The summed E-state index contributed by atoms with van der Waals surface area (Å²) < 4.78 is 0. The van der Waals surface area contributed by atoms with E-state index in [2.05, 4.69) is 35.3 Å². The predicted molar refractivity (Wildman–Crippen MR) is 69.8 cm³/mol. The Bertz CT molecular complexity index is 722. The number of nitriles is 1. The highest BCUT2D eigenvalue weighted by molar-refractivity contribution is 7.13. The normalized spacial score (nSPS) is 10.3. The third kappa shape index (κ3) is 1.79. The van der Waals surface area contributed by atoms with E-state index < -0.39 is 0 Å². The molecule has 0 unspecified atom stereocenters. The first kappa shape index (κ1) is 10.0. The topological polar surface area (TPSA) is 36.7 Å². The van der Waals surface area contributed by atoms with Crippen molar-refractivity contribution in [1.82, 2.24) is 4.98 Å². The summed E-state index contributed by atoms with van der Waals surface area (Å²) >= 11 is 1.50. The van der Waals surface area contributed by atoms with Gasteiger partial charge in [-0.05, 0) is 16.8 Å². The fraction of sp³-hybridized carbons (Fsp3) is 0. The minimum atomic E-state index is 0.484. The van der Waals surface area contributed by atoms with E-state index in [0.29, 0.717) is 5.69 Å². The Kier molecular flexibility index (Phi) is 2.36. The van der Waals surface area contributed by atoms with E-state index >= 15 is 0 Å². The summed E-state index contributed by atoms with van der Waals surface area (Å²) in [6, 6.07) is 16.5. The molecule has 0 aliphatic carbocycles. The van der Waals surface area contributed by atoms with E-state index in [4.69, 9.17) is 5.26 Å². The molecule has 3 rings (SSSR count). The van der Waals surface area contributed by atoms with Crippen LogP contribution in [0.15, 0.2) is 47.8 Å². The molecule has 0 saturated carbocycles. The van der Waals surface area contributed by atoms with Crippen LogP contribution in [-0.4, -0.2) is 4.98 Å². The van der Waals surface area contributed by atoms with Gasteiger partial charge in [0.05, 0.1) is 0 Å². The lowest BCUT2D eigenvalue weighted by atomic mass is 10.1. The number of nitrogens with zero attached hydrogens (tertiary/aromatic N) is 2. The molecule has 0 fully saturated rings. The second-order valence-corrected chi connectivity index (χ2v) is 4.57. The van der Waals surface area contributed by atoms with Gasteiger partial charge in [0, 0.05) is 10.9 Å². The number of thiazole rings is 1. The summed E-state index contributed by atoms with van der Waals surface area (Å²) in [5.41, 5.74) is 1.55. The van der Waals surface area contributed by atoms with E-state index in [-0.39, 0.29) is 0 Å². The van der Waals surface area contributed by atoms with E-state index in [1.165, 1.54) is 22.1 Å². The van der Waals surface area contributed by atoms with Crippen molar-refractivity contribution in [3.63, 3.8) is 0 Å². The Morgan fingerprint density at radius 1 is 1.06 bits per heavy atom. The zero-order valence-corrected chi connectivity index (χ0v) is 9.74. The molecule has 0 saturated heterocycles. The standard InChI is InChI=1S/C14H8N2S/c15-8-13-9-17-14(16-13)12-6-5-10-3-1-2-4-11(10)7-12/h1-7,9H. The van der Waals surface area contributed by atoms with Crippen LogP contribution in [0.5, 0.6) is 0 Å². The number of rotatable bonds is 1. The Balaban J connectivity index is 2.15. The molecule has 1 heterocycles. The quantitative estimate of drug-likeness (QED) is 0.643. The van der Waals surface area contributed by atoms with Crippen molar-refractivity contribution in [2.24, 2.45) is 0 Å². The first-order valence-corrected chi connectivity index (χ1v) is 6.09. The Morgan fingerprint density at radius 3 is 2.65 bits per heavy atom. The van der Waals surface area contributed by atoms with Gasteiger partial charge in [-0.3, -0.25) is 0 Å². The molecule has 80 valence electrons. The fourth-order valence-corrected chi connectivity index (χ4v) is 2.52. The minimum absolute atomic E-state index is 0.484. The average molecular weight is 236 g/mol. The second kappa shape index (κ2) is 4.00. The molecule has 0 aliphatic rings. The summed E-state index contributed by atoms with van der Waals surface area (Å²) in [7, 11) is 0. The van der Waals surface area contributed by atoms with Crippen LogP contribution < -0.4 is 0 Å².